The SMILES string of the molecule is CC(C(=O)NCCNc1ccccc1)c1cccc(Oc2cccc(F)c2)c1. The summed E-state index contributed by atoms with van der Waals surface area (Å²) in [5.74, 6) is 0.241. The minimum Gasteiger partial charge on any atom is -0.457 e. The molecule has 1 unspecified atom stereocenters. The molecular formula is C23H23FN2O2. The summed E-state index contributed by atoms with van der Waals surface area (Å²) in [6, 6.07) is 23.1. The molecule has 4 nitrogen and oxygen atoms in total. The van der Waals surface area contributed by atoms with Crippen molar-refractivity contribution in [3.05, 3.63) is 90.2 Å². The molecule has 3 aromatic rings. The van der Waals surface area contributed by atoms with Gasteiger partial charge < -0.3 is 15.4 Å². The second kappa shape index (κ2) is 9.55. The molecule has 0 bridgehead atoms. The number of nitrogens with one attached hydrogen (secondary N) is 2. The molecule has 0 heterocycles. The topological polar surface area (TPSA) is 50.4 Å². The number of carbonyl (C=O) groups excluding carboxylic acids is 1. The first-order valence-electron chi connectivity index (χ1n) is 9.22. The van der Waals surface area contributed by atoms with Gasteiger partial charge in [0.2, 0.25) is 5.91 Å². The van der Waals surface area contributed by atoms with Gasteiger partial charge in [-0.15, -0.1) is 0 Å². The summed E-state index contributed by atoms with van der Waals surface area (Å²) in [5.41, 5.74) is 1.86. The molecule has 0 aliphatic rings. The summed E-state index contributed by atoms with van der Waals surface area (Å²) in [4.78, 5) is 12.4. The van der Waals surface area contributed by atoms with Crippen molar-refractivity contribution >= 4 is 11.6 Å². The van der Waals surface area contributed by atoms with Crippen LogP contribution in [0.3, 0.4) is 0 Å². The molecule has 0 saturated carbocycles. The second-order valence-electron chi connectivity index (χ2n) is 6.44. The Kier molecular flexibility index (Phi) is 6.63. The average Bonchev–Trinajstić information content (AvgIpc) is 2.71. The second-order valence-corrected chi connectivity index (χ2v) is 6.44. The van der Waals surface area contributed by atoms with E-state index in [1.54, 1.807) is 24.3 Å². The van der Waals surface area contributed by atoms with Crippen LogP contribution in [-0.4, -0.2) is 19.0 Å². The van der Waals surface area contributed by atoms with Gasteiger partial charge in [0.1, 0.15) is 17.3 Å². The highest BCUT2D eigenvalue weighted by molar-refractivity contribution is 5.83. The molecule has 28 heavy (non-hydrogen) atoms. The molecule has 1 amide bonds. The van der Waals surface area contributed by atoms with Crippen LogP contribution < -0.4 is 15.4 Å². The molecule has 2 N–H and O–H groups in total. The maximum absolute atomic E-state index is 13.3. The van der Waals surface area contributed by atoms with E-state index in [2.05, 4.69) is 10.6 Å². The number of ether oxygens (including phenoxy) is 1. The van der Waals surface area contributed by atoms with Crippen molar-refractivity contribution < 1.29 is 13.9 Å². The number of benzene rings is 3. The number of hydrogen-bond acceptors (Lipinski definition) is 3. The Morgan fingerprint density at radius 2 is 1.64 bits per heavy atom. The van der Waals surface area contributed by atoms with Crippen LogP contribution in [0.4, 0.5) is 10.1 Å². The summed E-state index contributed by atoms with van der Waals surface area (Å²) >= 11 is 0. The van der Waals surface area contributed by atoms with Crippen LogP contribution >= 0.6 is 0 Å². The van der Waals surface area contributed by atoms with Gasteiger partial charge in [0, 0.05) is 24.8 Å². The largest absolute Gasteiger partial charge is 0.457 e. The number of halogens is 1. The summed E-state index contributed by atoms with van der Waals surface area (Å²) in [6.45, 7) is 3.02. The van der Waals surface area contributed by atoms with Crippen LogP contribution in [0.25, 0.3) is 0 Å². The fourth-order valence-electron chi connectivity index (χ4n) is 2.77. The van der Waals surface area contributed by atoms with Crippen LogP contribution in [0.5, 0.6) is 11.5 Å². The molecule has 0 saturated heterocycles. The van der Waals surface area contributed by atoms with Gasteiger partial charge in [0.05, 0.1) is 5.92 Å². The third-order valence-electron chi connectivity index (χ3n) is 4.31. The summed E-state index contributed by atoms with van der Waals surface area (Å²) in [7, 11) is 0. The van der Waals surface area contributed by atoms with Gasteiger partial charge in [-0.25, -0.2) is 4.39 Å². The zero-order chi connectivity index (χ0) is 19.8. The standard InChI is InChI=1S/C23H23FN2O2/c1-17(23(27)26-14-13-25-20-9-3-2-4-10-20)18-7-5-11-21(15-18)28-22-12-6-8-19(24)16-22/h2-12,15-17,25H,13-14H2,1H3,(H,26,27). The normalized spacial score (nSPS) is 11.5. The van der Waals surface area contributed by atoms with E-state index in [0.717, 1.165) is 11.3 Å². The maximum atomic E-state index is 13.3. The highest BCUT2D eigenvalue weighted by Crippen LogP contribution is 2.26. The van der Waals surface area contributed by atoms with E-state index < -0.39 is 0 Å². The van der Waals surface area contributed by atoms with Crippen LogP contribution in [0.2, 0.25) is 0 Å². The van der Waals surface area contributed by atoms with Crippen molar-refractivity contribution in [1.29, 1.82) is 0 Å². The van der Waals surface area contributed by atoms with E-state index in [4.69, 9.17) is 4.74 Å². The number of hydrogen-bond donors (Lipinski definition) is 2. The average molecular weight is 378 g/mol. The third-order valence-corrected chi connectivity index (χ3v) is 4.31. The molecule has 1 atom stereocenters. The monoisotopic (exact) mass is 378 g/mol. The Hall–Kier alpha value is -3.34. The predicted molar refractivity (Wildman–Crippen MR) is 109 cm³/mol. The highest BCUT2D eigenvalue weighted by atomic mass is 19.1. The van der Waals surface area contributed by atoms with Gasteiger partial charge in [0.25, 0.3) is 0 Å². The Morgan fingerprint density at radius 1 is 0.929 bits per heavy atom. The van der Waals surface area contributed by atoms with Gasteiger partial charge in [0.15, 0.2) is 0 Å². The van der Waals surface area contributed by atoms with Crippen molar-refractivity contribution in [2.24, 2.45) is 0 Å². The highest BCUT2D eigenvalue weighted by Gasteiger charge is 2.15. The van der Waals surface area contributed by atoms with Crippen LogP contribution in [0, 0.1) is 5.82 Å². The minimum absolute atomic E-state index is 0.0576. The number of para-hydroxylation sites is 1. The summed E-state index contributed by atoms with van der Waals surface area (Å²) < 4.78 is 19.0. The Bertz CT molecular complexity index is 915. The van der Waals surface area contributed by atoms with Crippen LogP contribution in [0.15, 0.2) is 78.9 Å². The molecule has 0 spiro atoms. The Balaban J connectivity index is 1.53. The van der Waals surface area contributed by atoms with Gasteiger partial charge in [-0.1, -0.05) is 36.4 Å². The quantitative estimate of drug-likeness (QED) is 0.545. The molecule has 0 aliphatic heterocycles. The van der Waals surface area contributed by atoms with Crippen molar-refractivity contribution in [2.75, 3.05) is 18.4 Å². The lowest BCUT2D eigenvalue weighted by Crippen LogP contribution is -2.32. The fourth-order valence-corrected chi connectivity index (χ4v) is 2.77. The first kappa shape index (κ1) is 19.4. The lowest BCUT2D eigenvalue weighted by Gasteiger charge is -2.14. The van der Waals surface area contributed by atoms with Gasteiger partial charge >= 0.3 is 0 Å². The van der Waals surface area contributed by atoms with Gasteiger partial charge in [-0.2, -0.15) is 0 Å². The van der Waals surface area contributed by atoms with E-state index >= 15 is 0 Å². The van der Waals surface area contributed by atoms with E-state index in [0.29, 0.717) is 24.6 Å². The molecule has 0 aliphatic carbocycles. The fraction of sp³-hybridized carbons (Fsp3) is 0.174. The number of anilines is 1. The van der Waals surface area contributed by atoms with Crippen LogP contribution in [0.1, 0.15) is 18.4 Å². The molecular weight excluding hydrogens is 355 g/mol. The van der Waals surface area contributed by atoms with E-state index in [1.807, 2.05) is 49.4 Å². The molecule has 0 radical (unpaired) electrons. The Labute approximate surface area is 164 Å². The molecule has 0 aromatic heterocycles. The lowest BCUT2D eigenvalue weighted by atomic mass is 10.00. The van der Waals surface area contributed by atoms with Crippen LogP contribution in [-0.2, 0) is 4.79 Å². The maximum Gasteiger partial charge on any atom is 0.227 e. The zero-order valence-corrected chi connectivity index (χ0v) is 15.7. The minimum atomic E-state index is -0.356. The van der Waals surface area contributed by atoms with Crippen molar-refractivity contribution in [3.63, 3.8) is 0 Å². The third kappa shape index (κ3) is 5.58. The number of amides is 1. The molecule has 144 valence electrons. The zero-order valence-electron chi connectivity index (χ0n) is 15.7. The summed E-state index contributed by atoms with van der Waals surface area (Å²) in [6.07, 6.45) is 0. The molecule has 3 rings (SSSR count). The van der Waals surface area contributed by atoms with Crippen molar-refractivity contribution in [3.8, 4) is 11.5 Å². The van der Waals surface area contributed by atoms with Crippen molar-refractivity contribution in [1.82, 2.24) is 5.32 Å². The Morgan fingerprint density at radius 3 is 2.39 bits per heavy atom. The summed E-state index contributed by atoms with van der Waals surface area (Å²) in [5, 5.41) is 6.19. The van der Waals surface area contributed by atoms with Crippen molar-refractivity contribution in [2.45, 2.75) is 12.8 Å². The van der Waals surface area contributed by atoms with E-state index in [1.165, 1.54) is 12.1 Å². The first-order valence-corrected chi connectivity index (χ1v) is 9.22. The van der Waals surface area contributed by atoms with Gasteiger partial charge in [-0.3, -0.25) is 4.79 Å². The van der Waals surface area contributed by atoms with Gasteiger partial charge in [-0.05, 0) is 48.9 Å². The number of carbonyl (C=O) groups is 1. The molecule has 5 heteroatoms. The first-order chi connectivity index (χ1) is 13.6. The number of rotatable bonds is 8. The van der Waals surface area contributed by atoms with E-state index in [-0.39, 0.29) is 17.6 Å². The lowest BCUT2D eigenvalue weighted by molar-refractivity contribution is -0.122. The smallest absolute Gasteiger partial charge is 0.227 e. The molecule has 3 aromatic carbocycles. The predicted octanol–water partition coefficient (Wildman–Crippen LogP) is 4.95. The van der Waals surface area contributed by atoms with E-state index in [9.17, 15) is 9.18 Å². The molecule has 0 fully saturated rings.